The van der Waals surface area contributed by atoms with Gasteiger partial charge < -0.3 is 4.90 Å². The Morgan fingerprint density at radius 3 is 2.70 bits per heavy atom. The van der Waals surface area contributed by atoms with E-state index in [9.17, 15) is 0 Å². The molecule has 0 saturated carbocycles. The van der Waals surface area contributed by atoms with Crippen LogP contribution in [0.4, 0.5) is 11.4 Å². The van der Waals surface area contributed by atoms with Crippen LogP contribution in [0.15, 0.2) is 46.3 Å². The molecule has 144 valence electrons. The van der Waals surface area contributed by atoms with E-state index >= 15 is 0 Å². The normalized spacial score (nSPS) is 18.7. The molecule has 0 aromatic heterocycles. The molecular weight excluding hydrogens is 348 g/mol. The van der Waals surface area contributed by atoms with Crippen LogP contribution < -0.4 is 4.90 Å². The topological polar surface area (TPSA) is 15.6 Å². The van der Waals surface area contributed by atoms with Crippen LogP contribution in [0.1, 0.15) is 63.1 Å². The summed E-state index contributed by atoms with van der Waals surface area (Å²) in [5.41, 5.74) is 6.66. The van der Waals surface area contributed by atoms with Crippen molar-refractivity contribution in [2.45, 2.75) is 63.8 Å². The van der Waals surface area contributed by atoms with Gasteiger partial charge in [0.1, 0.15) is 0 Å². The average Bonchev–Trinajstić information content (AvgIpc) is 2.63. The number of aliphatic imine (C=N–C) groups is 1. The van der Waals surface area contributed by atoms with Gasteiger partial charge in [0.15, 0.2) is 0 Å². The number of benzene rings is 2. The van der Waals surface area contributed by atoms with Crippen molar-refractivity contribution in [2.75, 3.05) is 17.7 Å². The van der Waals surface area contributed by atoms with Crippen molar-refractivity contribution in [3.63, 3.8) is 0 Å². The zero-order chi connectivity index (χ0) is 19.6. The monoisotopic (exact) mass is 380 g/mol. The number of hydrogen-bond donors (Lipinski definition) is 0. The van der Waals surface area contributed by atoms with Crippen LogP contribution >= 0.6 is 11.8 Å². The molecule has 0 aliphatic carbocycles. The molecule has 0 bridgehead atoms. The molecule has 1 atom stereocenters. The quantitative estimate of drug-likeness (QED) is 0.411. The SMILES string of the molecule is CCCN1c2cc(C)c(C=Nc3ccccc3SC)cc2C(C)CC1(C)C. The summed E-state index contributed by atoms with van der Waals surface area (Å²) in [5.74, 6) is 0.564. The number of aryl methyl sites for hydroxylation is 1. The number of hydrogen-bond acceptors (Lipinski definition) is 3. The Morgan fingerprint density at radius 1 is 1.26 bits per heavy atom. The fourth-order valence-corrected chi connectivity index (χ4v) is 4.86. The molecule has 0 spiro atoms. The highest BCUT2D eigenvalue weighted by Crippen LogP contribution is 2.44. The summed E-state index contributed by atoms with van der Waals surface area (Å²) >= 11 is 1.74. The average molecular weight is 381 g/mol. The first-order chi connectivity index (χ1) is 12.9. The van der Waals surface area contributed by atoms with Gasteiger partial charge in [-0.1, -0.05) is 26.0 Å². The fourth-order valence-electron chi connectivity index (χ4n) is 4.31. The van der Waals surface area contributed by atoms with Gasteiger partial charge in [0.25, 0.3) is 0 Å². The Kier molecular flexibility index (Phi) is 6.00. The molecule has 0 N–H and O–H groups in total. The van der Waals surface area contributed by atoms with Crippen molar-refractivity contribution < 1.29 is 0 Å². The van der Waals surface area contributed by atoms with Gasteiger partial charge in [0, 0.05) is 28.9 Å². The molecular formula is C24H32N2S. The molecule has 0 amide bonds. The second-order valence-corrected chi connectivity index (χ2v) is 9.11. The van der Waals surface area contributed by atoms with Crippen molar-refractivity contribution >= 4 is 29.4 Å². The maximum Gasteiger partial charge on any atom is 0.0765 e. The Labute approximate surface area is 169 Å². The van der Waals surface area contributed by atoms with Crippen LogP contribution in [0.3, 0.4) is 0 Å². The zero-order valence-electron chi connectivity index (χ0n) is 17.5. The van der Waals surface area contributed by atoms with E-state index in [1.54, 1.807) is 11.8 Å². The molecule has 0 saturated heterocycles. The zero-order valence-corrected chi connectivity index (χ0v) is 18.4. The maximum absolute atomic E-state index is 4.81. The fraction of sp³-hybridized carbons (Fsp3) is 0.458. The number of anilines is 1. The van der Waals surface area contributed by atoms with Gasteiger partial charge in [-0.05, 0) is 86.7 Å². The number of rotatable bonds is 5. The summed E-state index contributed by atoms with van der Waals surface area (Å²) in [6.07, 6.45) is 6.51. The predicted molar refractivity (Wildman–Crippen MR) is 121 cm³/mol. The molecule has 3 rings (SSSR count). The summed E-state index contributed by atoms with van der Waals surface area (Å²) in [6, 6.07) is 13.1. The minimum atomic E-state index is 0.210. The molecule has 3 heteroatoms. The standard InChI is InChI=1S/C24H32N2S/c1-7-12-26-22-13-17(2)19(14-20(22)18(3)15-24(26,4)5)16-25-21-10-8-9-11-23(21)27-6/h8-11,13-14,16,18H,7,12,15H2,1-6H3. The van der Waals surface area contributed by atoms with Gasteiger partial charge in [-0.15, -0.1) is 11.8 Å². The Hall–Kier alpha value is -1.74. The first-order valence-corrected chi connectivity index (χ1v) is 11.2. The summed E-state index contributed by atoms with van der Waals surface area (Å²) < 4.78 is 0. The van der Waals surface area contributed by atoms with Crippen LogP contribution in [-0.2, 0) is 0 Å². The molecule has 0 radical (unpaired) electrons. The Bertz CT molecular complexity index is 838. The van der Waals surface area contributed by atoms with Crippen LogP contribution in [0, 0.1) is 6.92 Å². The van der Waals surface area contributed by atoms with Crippen LogP contribution in [0.5, 0.6) is 0 Å². The molecule has 0 fully saturated rings. The lowest BCUT2D eigenvalue weighted by molar-refractivity contribution is 0.376. The van der Waals surface area contributed by atoms with Crippen LogP contribution in [-0.4, -0.2) is 24.6 Å². The highest BCUT2D eigenvalue weighted by atomic mass is 32.2. The maximum atomic E-state index is 4.81. The van der Waals surface area contributed by atoms with Crippen molar-refractivity contribution in [3.8, 4) is 0 Å². The van der Waals surface area contributed by atoms with Crippen molar-refractivity contribution in [3.05, 3.63) is 53.1 Å². The minimum Gasteiger partial charge on any atom is -0.366 e. The van der Waals surface area contributed by atoms with Gasteiger partial charge in [0.2, 0.25) is 0 Å². The Morgan fingerprint density at radius 2 is 2.00 bits per heavy atom. The first-order valence-electron chi connectivity index (χ1n) is 9.96. The summed E-state index contributed by atoms with van der Waals surface area (Å²) in [7, 11) is 0. The molecule has 1 heterocycles. The van der Waals surface area contributed by atoms with Crippen molar-refractivity contribution in [1.82, 2.24) is 0 Å². The number of fused-ring (bicyclic) bond motifs is 1. The third kappa shape index (κ3) is 4.08. The van der Waals surface area contributed by atoms with Gasteiger partial charge in [0.05, 0.1) is 5.69 Å². The summed E-state index contributed by atoms with van der Waals surface area (Å²) in [6.45, 7) is 12.7. The third-order valence-corrected chi connectivity index (χ3v) is 6.43. The highest BCUT2D eigenvalue weighted by Gasteiger charge is 2.36. The van der Waals surface area contributed by atoms with Crippen LogP contribution in [0.2, 0.25) is 0 Å². The van der Waals surface area contributed by atoms with Crippen molar-refractivity contribution in [2.24, 2.45) is 4.99 Å². The van der Waals surface area contributed by atoms with E-state index in [1.807, 2.05) is 6.21 Å². The van der Waals surface area contributed by atoms with E-state index in [1.165, 1.54) is 40.1 Å². The largest absolute Gasteiger partial charge is 0.366 e. The molecule has 1 aliphatic heterocycles. The van der Waals surface area contributed by atoms with Gasteiger partial charge in [-0.3, -0.25) is 4.99 Å². The smallest absolute Gasteiger partial charge is 0.0765 e. The second kappa shape index (κ2) is 8.10. The van der Waals surface area contributed by atoms with E-state index in [4.69, 9.17) is 4.99 Å². The molecule has 1 aliphatic rings. The number of para-hydroxylation sites is 1. The lowest BCUT2D eigenvalue weighted by Crippen LogP contribution is -2.48. The van der Waals surface area contributed by atoms with Gasteiger partial charge in [-0.2, -0.15) is 0 Å². The van der Waals surface area contributed by atoms with E-state index in [-0.39, 0.29) is 5.54 Å². The lowest BCUT2D eigenvalue weighted by Gasteiger charge is -2.48. The summed E-state index contributed by atoms with van der Waals surface area (Å²) in [5, 5.41) is 0. The first kappa shape index (κ1) is 20.0. The minimum absolute atomic E-state index is 0.210. The highest BCUT2D eigenvalue weighted by molar-refractivity contribution is 7.98. The van der Waals surface area contributed by atoms with Gasteiger partial charge >= 0.3 is 0 Å². The lowest BCUT2D eigenvalue weighted by atomic mass is 9.79. The summed E-state index contributed by atoms with van der Waals surface area (Å²) in [4.78, 5) is 8.63. The number of thioether (sulfide) groups is 1. The van der Waals surface area contributed by atoms with E-state index in [0.29, 0.717) is 5.92 Å². The Balaban J connectivity index is 2.01. The predicted octanol–water partition coefficient (Wildman–Crippen LogP) is 6.97. The van der Waals surface area contributed by atoms with Crippen LogP contribution in [0.25, 0.3) is 0 Å². The molecule has 2 aromatic carbocycles. The van der Waals surface area contributed by atoms with Crippen molar-refractivity contribution in [1.29, 1.82) is 0 Å². The van der Waals surface area contributed by atoms with E-state index in [2.05, 4.69) is 82.2 Å². The third-order valence-electron chi connectivity index (χ3n) is 5.65. The number of nitrogens with zero attached hydrogens (tertiary/aromatic N) is 2. The molecule has 27 heavy (non-hydrogen) atoms. The molecule has 2 nitrogen and oxygen atoms in total. The molecule has 1 unspecified atom stereocenters. The van der Waals surface area contributed by atoms with E-state index in [0.717, 1.165) is 12.2 Å². The second-order valence-electron chi connectivity index (χ2n) is 8.27. The van der Waals surface area contributed by atoms with Gasteiger partial charge in [-0.25, -0.2) is 0 Å². The van der Waals surface area contributed by atoms with E-state index < -0.39 is 0 Å². The molecule has 2 aromatic rings.